The van der Waals surface area contributed by atoms with Crippen molar-refractivity contribution in [3.8, 4) is 39.8 Å². The number of benzene rings is 3. The van der Waals surface area contributed by atoms with E-state index in [1.807, 2.05) is 42.6 Å². The summed E-state index contributed by atoms with van der Waals surface area (Å²) < 4.78 is 14.0. The van der Waals surface area contributed by atoms with E-state index in [0.717, 1.165) is 11.3 Å². The molecule has 11 heteroatoms. The Morgan fingerprint density at radius 1 is 1.00 bits per heavy atom. The van der Waals surface area contributed by atoms with Gasteiger partial charge in [-0.25, -0.2) is 4.68 Å². The smallest absolute Gasteiger partial charge is 0.308 e. The summed E-state index contributed by atoms with van der Waals surface area (Å²) in [4.78, 5) is 29.9. The predicted molar refractivity (Wildman–Crippen MR) is 153 cm³/mol. The Hall–Kier alpha value is -4.80. The standard InChI is InChI=1S/C29H20ClN5O4S/c1-17(36)39-23-11-7-6-10-21(23)27-31-29-35(33-27)28(37)25(40-29)15-19-16-34(20-8-4-3-5-9-20)32-26(19)18-12-13-24(38-2)22(30)14-18/h3-16H,1-2H3/b25-15-. The number of rotatable bonds is 6. The van der Waals surface area contributed by atoms with Crippen LogP contribution in [0.2, 0.25) is 5.02 Å². The van der Waals surface area contributed by atoms with E-state index in [1.54, 1.807) is 54.3 Å². The molecule has 0 spiro atoms. The van der Waals surface area contributed by atoms with Crippen molar-refractivity contribution in [2.75, 3.05) is 7.11 Å². The zero-order valence-corrected chi connectivity index (χ0v) is 22.8. The third kappa shape index (κ3) is 4.74. The van der Waals surface area contributed by atoms with E-state index in [1.165, 1.54) is 22.8 Å². The van der Waals surface area contributed by atoms with Crippen LogP contribution in [0.5, 0.6) is 11.5 Å². The molecule has 0 aliphatic heterocycles. The summed E-state index contributed by atoms with van der Waals surface area (Å²) in [6.45, 7) is 1.32. The van der Waals surface area contributed by atoms with Gasteiger partial charge in [0.05, 0.1) is 27.9 Å². The second-order valence-corrected chi connectivity index (χ2v) is 10.1. The van der Waals surface area contributed by atoms with Crippen molar-refractivity contribution in [1.82, 2.24) is 24.4 Å². The van der Waals surface area contributed by atoms with Gasteiger partial charge in [0, 0.05) is 24.2 Å². The Labute approximate surface area is 236 Å². The van der Waals surface area contributed by atoms with Crippen LogP contribution in [0.4, 0.5) is 0 Å². The zero-order chi connectivity index (χ0) is 27.8. The van der Waals surface area contributed by atoms with E-state index >= 15 is 0 Å². The quantitative estimate of drug-likeness (QED) is 0.210. The predicted octanol–water partition coefficient (Wildman–Crippen LogP) is 4.81. The number of nitrogens with zero attached hydrogens (tertiary/aromatic N) is 5. The SMILES string of the molecule is COc1ccc(-c2nn(-c3ccccc3)cc2/C=c2\sc3nc(-c4ccccc4OC(C)=O)nn3c2=O)cc1Cl. The van der Waals surface area contributed by atoms with Gasteiger partial charge in [-0.2, -0.15) is 14.6 Å². The number of esters is 1. The number of halogens is 1. The van der Waals surface area contributed by atoms with E-state index in [2.05, 4.69) is 10.1 Å². The van der Waals surface area contributed by atoms with Crippen LogP contribution in [0.1, 0.15) is 12.5 Å². The van der Waals surface area contributed by atoms with Gasteiger partial charge in [0.15, 0.2) is 5.82 Å². The Bertz CT molecular complexity index is 2000. The molecule has 198 valence electrons. The number of ether oxygens (including phenoxy) is 2. The molecule has 6 aromatic rings. The lowest BCUT2D eigenvalue weighted by Crippen LogP contribution is -2.23. The molecule has 3 aromatic heterocycles. The molecule has 0 atom stereocenters. The highest BCUT2D eigenvalue weighted by atomic mass is 35.5. The summed E-state index contributed by atoms with van der Waals surface area (Å²) in [6.07, 6.45) is 3.63. The van der Waals surface area contributed by atoms with Gasteiger partial charge < -0.3 is 9.47 Å². The van der Waals surface area contributed by atoms with E-state index < -0.39 is 5.97 Å². The largest absolute Gasteiger partial charge is 0.495 e. The van der Waals surface area contributed by atoms with Crippen LogP contribution in [0, 0.1) is 0 Å². The molecule has 0 aliphatic carbocycles. The second-order valence-electron chi connectivity index (χ2n) is 8.70. The molecular formula is C29H20ClN5O4S. The first-order valence-corrected chi connectivity index (χ1v) is 13.3. The minimum atomic E-state index is -0.458. The molecule has 0 N–H and O–H groups in total. The lowest BCUT2D eigenvalue weighted by Gasteiger charge is -2.05. The molecule has 3 heterocycles. The van der Waals surface area contributed by atoms with Crippen LogP contribution in [0.25, 0.3) is 39.4 Å². The first-order chi connectivity index (χ1) is 19.4. The number of fused-ring (bicyclic) bond motifs is 1. The van der Waals surface area contributed by atoms with Gasteiger partial charge in [-0.1, -0.05) is 53.3 Å². The summed E-state index contributed by atoms with van der Waals surface area (Å²) in [5, 5.41) is 9.68. The van der Waals surface area contributed by atoms with Gasteiger partial charge in [0.25, 0.3) is 5.56 Å². The lowest BCUT2D eigenvalue weighted by molar-refractivity contribution is -0.131. The number of methoxy groups -OCH3 is 1. The maximum atomic E-state index is 13.4. The zero-order valence-electron chi connectivity index (χ0n) is 21.2. The molecule has 0 amide bonds. The summed E-state index contributed by atoms with van der Waals surface area (Å²) in [6, 6.07) is 22.0. The highest BCUT2D eigenvalue weighted by Crippen LogP contribution is 2.32. The number of carbonyl (C=O) groups is 1. The van der Waals surface area contributed by atoms with Crippen LogP contribution >= 0.6 is 22.9 Å². The average molecular weight is 570 g/mol. The van der Waals surface area contributed by atoms with Crippen molar-refractivity contribution in [1.29, 1.82) is 0 Å². The highest BCUT2D eigenvalue weighted by Gasteiger charge is 2.18. The van der Waals surface area contributed by atoms with Crippen LogP contribution < -0.4 is 19.6 Å². The van der Waals surface area contributed by atoms with Gasteiger partial charge in [-0.15, -0.1) is 5.10 Å². The van der Waals surface area contributed by atoms with Gasteiger partial charge in [0.2, 0.25) is 4.96 Å². The topological polar surface area (TPSA) is 101 Å². The third-order valence-corrected chi connectivity index (χ3v) is 7.29. The van der Waals surface area contributed by atoms with Crippen molar-refractivity contribution < 1.29 is 14.3 Å². The molecule has 0 aliphatic rings. The van der Waals surface area contributed by atoms with Gasteiger partial charge in [0.1, 0.15) is 17.2 Å². The maximum Gasteiger partial charge on any atom is 0.308 e. The normalized spacial score (nSPS) is 11.7. The minimum Gasteiger partial charge on any atom is -0.495 e. The molecule has 3 aromatic carbocycles. The third-order valence-electron chi connectivity index (χ3n) is 6.04. The molecule has 0 unspecified atom stereocenters. The summed E-state index contributed by atoms with van der Waals surface area (Å²) in [5.41, 5.74) is 3.18. The first-order valence-electron chi connectivity index (χ1n) is 12.1. The number of carbonyl (C=O) groups excluding carboxylic acids is 1. The number of thiazole rings is 1. The van der Waals surface area contributed by atoms with Crippen LogP contribution in [-0.2, 0) is 4.79 Å². The van der Waals surface area contributed by atoms with Crippen LogP contribution in [0.15, 0.2) is 83.8 Å². The van der Waals surface area contributed by atoms with Crippen molar-refractivity contribution in [2.45, 2.75) is 6.92 Å². The highest BCUT2D eigenvalue weighted by molar-refractivity contribution is 7.15. The number of hydrogen-bond acceptors (Lipinski definition) is 8. The molecule has 9 nitrogen and oxygen atoms in total. The number of hydrogen-bond donors (Lipinski definition) is 0. The maximum absolute atomic E-state index is 13.4. The fourth-order valence-electron chi connectivity index (χ4n) is 4.23. The fraction of sp³-hybridized carbons (Fsp3) is 0.0690. The van der Waals surface area contributed by atoms with Crippen molar-refractivity contribution in [2.24, 2.45) is 0 Å². The molecule has 0 saturated carbocycles. The molecule has 6 rings (SSSR count). The summed E-state index contributed by atoms with van der Waals surface area (Å²) >= 11 is 7.62. The number of para-hydroxylation sites is 2. The van der Waals surface area contributed by atoms with E-state index in [4.69, 9.17) is 26.2 Å². The van der Waals surface area contributed by atoms with Gasteiger partial charge in [-0.3, -0.25) is 9.59 Å². The van der Waals surface area contributed by atoms with E-state index in [-0.39, 0.29) is 11.4 Å². The van der Waals surface area contributed by atoms with Crippen molar-refractivity contribution in [3.63, 3.8) is 0 Å². The molecule has 0 saturated heterocycles. The first kappa shape index (κ1) is 25.5. The molecule has 0 bridgehead atoms. The molecular weight excluding hydrogens is 550 g/mol. The van der Waals surface area contributed by atoms with Crippen LogP contribution in [-0.4, -0.2) is 37.5 Å². The van der Waals surface area contributed by atoms with Crippen molar-refractivity contribution in [3.05, 3.63) is 104 Å². The Kier molecular flexibility index (Phi) is 6.63. The molecule has 0 fully saturated rings. The fourth-order valence-corrected chi connectivity index (χ4v) is 5.38. The Morgan fingerprint density at radius 2 is 1.77 bits per heavy atom. The van der Waals surface area contributed by atoms with Crippen molar-refractivity contribution >= 4 is 39.9 Å². The molecule has 40 heavy (non-hydrogen) atoms. The lowest BCUT2D eigenvalue weighted by atomic mass is 10.1. The summed E-state index contributed by atoms with van der Waals surface area (Å²) in [7, 11) is 1.56. The average Bonchev–Trinajstić information content (AvgIpc) is 3.64. The number of aromatic nitrogens is 5. The van der Waals surface area contributed by atoms with E-state index in [9.17, 15) is 9.59 Å². The second kappa shape index (κ2) is 10.4. The summed E-state index contributed by atoms with van der Waals surface area (Å²) in [5.74, 6) is 0.706. The minimum absolute atomic E-state index is 0.289. The Balaban J connectivity index is 1.47. The van der Waals surface area contributed by atoms with Crippen LogP contribution in [0.3, 0.4) is 0 Å². The molecule has 0 radical (unpaired) electrons. The Morgan fingerprint density at radius 3 is 2.50 bits per heavy atom. The van der Waals surface area contributed by atoms with Gasteiger partial charge >= 0.3 is 5.97 Å². The van der Waals surface area contributed by atoms with Gasteiger partial charge in [-0.05, 0) is 48.5 Å². The monoisotopic (exact) mass is 569 g/mol. The van der Waals surface area contributed by atoms with E-state index in [0.29, 0.717) is 42.8 Å².